The summed E-state index contributed by atoms with van der Waals surface area (Å²) in [4.78, 5) is 15.5. The van der Waals surface area contributed by atoms with Crippen molar-refractivity contribution in [3.63, 3.8) is 0 Å². The van der Waals surface area contributed by atoms with Gasteiger partial charge in [0.1, 0.15) is 11.8 Å². The number of nitrogens with one attached hydrogen (secondary N) is 1. The number of ether oxygens (including phenoxy) is 5. The first-order chi connectivity index (χ1) is 11.1. The minimum atomic E-state index is -0.818. The van der Waals surface area contributed by atoms with Crippen molar-refractivity contribution in [1.29, 1.82) is 0 Å². The van der Waals surface area contributed by atoms with Crippen LogP contribution in [0.3, 0.4) is 0 Å². The Morgan fingerprint density at radius 3 is 2.46 bits per heavy atom. The molecule has 0 bridgehead atoms. The standard InChI is InChI=1S/C17H25NO6/c1-9-7-8-10(18-9)14(19)21-11-12-15(24-17(4,5)22-12)23-16(2,3)13(11)20-6/h7-8,11-13,15,18H,1-6H3/t11-,12+,13+,15+/m0/s1. The highest BCUT2D eigenvalue weighted by atomic mass is 16.8. The number of hydrogen-bond acceptors (Lipinski definition) is 6. The normalized spacial score (nSPS) is 33.9. The molecule has 3 rings (SSSR count). The van der Waals surface area contributed by atoms with Crippen LogP contribution in [0, 0.1) is 6.92 Å². The maximum absolute atomic E-state index is 12.5. The Balaban J connectivity index is 1.87. The van der Waals surface area contributed by atoms with Gasteiger partial charge in [0.05, 0.1) is 5.60 Å². The zero-order chi connectivity index (χ0) is 17.7. The molecule has 3 heterocycles. The van der Waals surface area contributed by atoms with Gasteiger partial charge >= 0.3 is 5.97 Å². The summed E-state index contributed by atoms with van der Waals surface area (Å²) in [5.74, 6) is -1.28. The van der Waals surface area contributed by atoms with Gasteiger partial charge in [-0.3, -0.25) is 0 Å². The van der Waals surface area contributed by atoms with E-state index in [1.54, 1.807) is 27.0 Å². The van der Waals surface area contributed by atoms with Crippen LogP contribution < -0.4 is 0 Å². The fourth-order valence-corrected chi connectivity index (χ4v) is 3.36. The molecule has 7 nitrogen and oxygen atoms in total. The summed E-state index contributed by atoms with van der Waals surface area (Å²) in [5.41, 5.74) is 0.578. The Bertz CT molecular complexity index is 622. The predicted molar refractivity (Wildman–Crippen MR) is 84.5 cm³/mol. The summed E-state index contributed by atoms with van der Waals surface area (Å²) >= 11 is 0. The molecule has 0 unspecified atom stereocenters. The molecule has 0 spiro atoms. The highest BCUT2D eigenvalue weighted by molar-refractivity contribution is 5.87. The number of fused-ring (bicyclic) bond motifs is 1. The average Bonchev–Trinajstić information content (AvgIpc) is 3.00. The van der Waals surface area contributed by atoms with Gasteiger partial charge in [0.25, 0.3) is 0 Å². The van der Waals surface area contributed by atoms with Gasteiger partial charge < -0.3 is 28.7 Å². The minimum absolute atomic E-state index is 0.390. The molecule has 1 aromatic heterocycles. The number of H-pyrrole nitrogens is 1. The van der Waals surface area contributed by atoms with Crippen molar-refractivity contribution in [2.45, 2.75) is 70.6 Å². The van der Waals surface area contributed by atoms with Crippen LogP contribution in [0.2, 0.25) is 0 Å². The van der Waals surface area contributed by atoms with Crippen molar-refractivity contribution in [1.82, 2.24) is 4.98 Å². The second kappa shape index (κ2) is 5.84. The third kappa shape index (κ3) is 3.09. The van der Waals surface area contributed by atoms with Crippen LogP contribution in [0.5, 0.6) is 0 Å². The molecule has 2 saturated heterocycles. The van der Waals surface area contributed by atoms with Gasteiger partial charge in [0.2, 0.25) is 0 Å². The number of carbonyl (C=O) groups excluding carboxylic acids is 1. The second-order valence-electron chi connectivity index (χ2n) is 7.27. The quantitative estimate of drug-likeness (QED) is 0.850. The van der Waals surface area contributed by atoms with Crippen LogP contribution in [0.4, 0.5) is 0 Å². The lowest BCUT2D eigenvalue weighted by Gasteiger charge is -2.46. The zero-order valence-corrected chi connectivity index (χ0v) is 14.9. The fourth-order valence-electron chi connectivity index (χ4n) is 3.36. The monoisotopic (exact) mass is 339 g/mol. The molecule has 7 heteroatoms. The smallest absolute Gasteiger partial charge is 0.355 e. The Hall–Kier alpha value is -1.41. The molecule has 1 N–H and O–H groups in total. The Morgan fingerprint density at radius 1 is 1.17 bits per heavy atom. The van der Waals surface area contributed by atoms with Crippen LogP contribution in [-0.2, 0) is 23.7 Å². The topological polar surface area (TPSA) is 79.0 Å². The SMILES string of the molecule is CO[C@@H]1[C@@H](OC(=O)c2ccc(C)[nH]2)[C@H]2OC(C)(C)O[C@H]2OC1(C)C. The number of methoxy groups -OCH3 is 1. The molecule has 2 aliphatic heterocycles. The number of aromatic amines is 1. The minimum Gasteiger partial charge on any atom is -0.452 e. The number of aryl methyl sites for hydroxylation is 1. The fraction of sp³-hybridized carbons (Fsp3) is 0.706. The first-order valence-corrected chi connectivity index (χ1v) is 8.06. The highest BCUT2D eigenvalue weighted by Gasteiger charge is 2.59. The van der Waals surface area contributed by atoms with Crippen LogP contribution >= 0.6 is 0 Å². The summed E-state index contributed by atoms with van der Waals surface area (Å²) in [6, 6.07) is 3.51. The summed E-state index contributed by atoms with van der Waals surface area (Å²) in [6.07, 6.45) is -2.32. The van der Waals surface area contributed by atoms with Gasteiger partial charge in [-0.15, -0.1) is 0 Å². The van der Waals surface area contributed by atoms with Crippen LogP contribution in [0.1, 0.15) is 43.9 Å². The van der Waals surface area contributed by atoms with E-state index in [2.05, 4.69) is 4.98 Å². The molecular formula is C17H25NO6. The molecule has 0 saturated carbocycles. The Labute approximate surface area is 141 Å². The van der Waals surface area contributed by atoms with Crippen molar-refractivity contribution in [2.75, 3.05) is 7.11 Å². The molecule has 0 radical (unpaired) electrons. The van der Waals surface area contributed by atoms with Crippen molar-refractivity contribution in [3.8, 4) is 0 Å². The zero-order valence-electron chi connectivity index (χ0n) is 14.9. The lowest BCUT2D eigenvalue weighted by molar-refractivity contribution is -0.286. The number of aromatic nitrogens is 1. The number of rotatable bonds is 3. The van der Waals surface area contributed by atoms with Gasteiger partial charge in [-0.1, -0.05) is 0 Å². The summed E-state index contributed by atoms with van der Waals surface area (Å²) in [6.45, 7) is 9.24. The lowest BCUT2D eigenvalue weighted by Crippen LogP contribution is -2.62. The lowest BCUT2D eigenvalue weighted by atomic mass is 9.89. The van der Waals surface area contributed by atoms with E-state index in [0.29, 0.717) is 5.69 Å². The van der Waals surface area contributed by atoms with Crippen molar-refractivity contribution < 1.29 is 28.5 Å². The number of esters is 1. The number of carbonyl (C=O) groups is 1. The third-order valence-corrected chi connectivity index (χ3v) is 4.36. The van der Waals surface area contributed by atoms with E-state index >= 15 is 0 Å². The van der Waals surface area contributed by atoms with Gasteiger partial charge in [0, 0.05) is 12.8 Å². The van der Waals surface area contributed by atoms with E-state index in [1.165, 1.54) is 0 Å². The largest absolute Gasteiger partial charge is 0.452 e. The van der Waals surface area contributed by atoms with Crippen molar-refractivity contribution in [3.05, 3.63) is 23.5 Å². The third-order valence-electron chi connectivity index (χ3n) is 4.36. The number of hydrogen-bond donors (Lipinski definition) is 1. The molecule has 2 aliphatic rings. The van der Waals surface area contributed by atoms with E-state index < -0.39 is 42.0 Å². The molecule has 134 valence electrons. The summed E-state index contributed by atoms with van der Waals surface area (Å²) in [7, 11) is 1.57. The first kappa shape index (κ1) is 17.4. The van der Waals surface area contributed by atoms with Gasteiger partial charge in [-0.05, 0) is 46.8 Å². The average molecular weight is 339 g/mol. The Kier molecular flexibility index (Phi) is 4.24. The molecule has 0 aliphatic carbocycles. The maximum Gasteiger partial charge on any atom is 0.355 e. The first-order valence-electron chi connectivity index (χ1n) is 8.06. The van der Waals surface area contributed by atoms with Crippen molar-refractivity contribution in [2.24, 2.45) is 0 Å². The summed E-state index contributed by atoms with van der Waals surface area (Å²) < 4.78 is 29.1. The van der Waals surface area contributed by atoms with Crippen LogP contribution in [0.25, 0.3) is 0 Å². The van der Waals surface area contributed by atoms with Gasteiger partial charge in [-0.2, -0.15) is 0 Å². The predicted octanol–water partition coefficient (Wildman–Crippen LogP) is 2.15. The van der Waals surface area contributed by atoms with E-state index in [-0.39, 0.29) is 0 Å². The van der Waals surface area contributed by atoms with Crippen molar-refractivity contribution >= 4 is 5.97 Å². The van der Waals surface area contributed by atoms with E-state index in [0.717, 1.165) is 5.69 Å². The van der Waals surface area contributed by atoms with E-state index in [4.69, 9.17) is 23.7 Å². The van der Waals surface area contributed by atoms with Gasteiger partial charge in [-0.25, -0.2) is 4.79 Å². The molecule has 1 aromatic rings. The summed E-state index contributed by atoms with van der Waals surface area (Å²) in [5, 5.41) is 0. The van der Waals surface area contributed by atoms with E-state index in [1.807, 2.05) is 26.8 Å². The van der Waals surface area contributed by atoms with E-state index in [9.17, 15) is 4.79 Å². The molecule has 4 atom stereocenters. The molecule has 0 aromatic carbocycles. The second-order valence-corrected chi connectivity index (χ2v) is 7.27. The molecule has 24 heavy (non-hydrogen) atoms. The van der Waals surface area contributed by atoms with Crippen LogP contribution in [-0.4, -0.2) is 54.1 Å². The molecule has 0 amide bonds. The molecular weight excluding hydrogens is 314 g/mol. The van der Waals surface area contributed by atoms with Gasteiger partial charge in [0.15, 0.2) is 24.3 Å². The molecule has 2 fully saturated rings. The highest BCUT2D eigenvalue weighted by Crippen LogP contribution is 2.42. The van der Waals surface area contributed by atoms with Crippen LogP contribution in [0.15, 0.2) is 12.1 Å². The maximum atomic E-state index is 12.5. The Morgan fingerprint density at radius 2 is 1.88 bits per heavy atom.